The molecule has 22 heavy (non-hydrogen) atoms. The van der Waals surface area contributed by atoms with Crippen molar-refractivity contribution >= 4 is 16.9 Å². The van der Waals surface area contributed by atoms with Crippen molar-refractivity contribution in [2.45, 2.75) is 13.5 Å². The van der Waals surface area contributed by atoms with Gasteiger partial charge in [0, 0.05) is 18.5 Å². The van der Waals surface area contributed by atoms with E-state index in [2.05, 4.69) is 0 Å². The first-order valence-corrected chi connectivity index (χ1v) is 7.06. The molecule has 1 heterocycles. The van der Waals surface area contributed by atoms with Crippen LogP contribution in [0.2, 0.25) is 0 Å². The highest BCUT2D eigenvalue weighted by Crippen LogP contribution is 2.28. The lowest BCUT2D eigenvalue weighted by Crippen LogP contribution is -2.03. The molecule has 1 N–H and O–H groups in total. The summed E-state index contributed by atoms with van der Waals surface area (Å²) >= 11 is 0. The summed E-state index contributed by atoms with van der Waals surface area (Å²) in [6.45, 7) is 2.45. The second-order valence-electron chi connectivity index (χ2n) is 5.34. The third kappa shape index (κ3) is 2.55. The summed E-state index contributed by atoms with van der Waals surface area (Å²) in [4.78, 5) is 11.2. The van der Waals surface area contributed by atoms with Crippen LogP contribution in [0, 0.1) is 6.92 Å². The van der Waals surface area contributed by atoms with E-state index in [-0.39, 0.29) is 5.69 Å². The number of carbonyl (C=O) groups is 1. The molecule has 4 nitrogen and oxygen atoms in total. The molecule has 0 atom stereocenters. The van der Waals surface area contributed by atoms with E-state index < -0.39 is 5.97 Å². The molecular formula is C18H17NO3. The topological polar surface area (TPSA) is 51.5 Å². The Bertz CT molecular complexity index is 834. The predicted molar refractivity (Wildman–Crippen MR) is 85.4 cm³/mol. The van der Waals surface area contributed by atoms with Crippen LogP contribution in [-0.4, -0.2) is 15.6 Å². The number of ether oxygens (including phenoxy) is 1. The van der Waals surface area contributed by atoms with E-state index in [1.807, 2.05) is 49.4 Å². The Balaban J connectivity index is 1.94. The average Bonchev–Trinajstić information content (AvgIpc) is 2.84. The van der Waals surface area contributed by atoms with Gasteiger partial charge in [0.2, 0.25) is 0 Å². The highest BCUT2D eigenvalue weighted by Gasteiger charge is 2.14. The van der Waals surface area contributed by atoms with Gasteiger partial charge in [0.1, 0.15) is 18.1 Å². The van der Waals surface area contributed by atoms with Gasteiger partial charge in [0.25, 0.3) is 0 Å². The minimum atomic E-state index is -0.926. The van der Waals surface area contributed by atoms with Gasteiger partial charge >= 0.3 is 5.97 Å². The normalized spacial score (nSPS) is 10.8. The Hall–Kier alpha value is -2.75. The number of fused-ring (bicyclic) bond motifs is 1. The highest BCUT2D eigenvalue weighted by molar-refractivity contribution is 5.96. The largest absolute Gasteiger partial charge is 0.489 e. The smallest absolute Gasteiger partial charge is 0.352 e. The zero-order chi connectivity index (χ0) is 15.7. The Morgan fingerprint density at radius 1 is 1.18 bits per heavy atom. The molecule has 2 aromatic carbocycles. The number of carboxylic acids is 1. The van der Waals surface area contributed by atoms with Gasteiger partial charge in [-0.3, -0.25) is 0 Å². The number of aromatic nitrogens is 1. The number of aromatic carboxylic acids is 1. The predicted octanol–water partition coefficient (Wildman–Crippen LogP) is 3.76. The molecule has 4 heteroatoms. The molecule has 0 aliphatic rings. The quantitative estimate of drug-likeness (QED) is 0.797. The molecule has 0 amide bonds. The van der Waals surface area contributed by atoms with Crippen LogP contribution in [-0.2, 0) is 13.7 Å². The van der Waals surface area contributed by atoms with Crippen molar-refractivity contribution in [2.75, 3.05) is 0 Å². The van der Waals surface area contributed by atoms with Gasteiger partial charge in [0.05, 0.1) is 5.52 Å². The number of hydrogen-bond donors (Lipinski definition) is 1. The van der Waals surface area contributed by atoms with Crippen molar-refractivity contribution in [1.29, 1.82) is 0 Å². The summed E-state index contributed by atoms with van der Waals surface area (Å²) in [7, 11) is 1.76. The maximum absolute atomic E-state index is 11.2. The fraction of sp³-hybridized carbons (Fsp3) is 0.167. The van der Waals surface area contributed by atoms with Crippen LogP contribution in [0.1, 0.15) is 21.6 Å². The zero-order valence-corrected chi connectivity index (χ0v) is 12.5. The van der Waals surface area contributed by atoms with Crippen LogP contribution >= 0.6 is 0 Å². The molecule has 0 bridgehead atoms. The van der Waals surface area contributed by atoms with Crippen molar-refractivity contribution in [3.63, 3.8) is 0 Å². The second kappa shape index (κ2) is 5.56. The molecule has 0 aliphatic carbocycles. The maximum Gasteiger partial charge on any atom is 0.352 e. The maximum atomic E-state index is 11.2. The summed E-state index contributed by atoms with van der Waals surface area (Å²) in [6.07, 6.45) is 0. The monoisotopic (exact) mass is 295 g/mol. The number of rotatable bonds is 4. The first-order valence-electron chi connectivity index (χ1n) is 7.06. The fourth-order valence-electron chi connectivity index (χ4n) is 2.61. The molecule has 3 aromatic rings. The standard InChI is InChI=1S/C18H17NO3/c1-12-8-14(22-11-13-6-4-3-5-7-13)9-16-15(12)10-17(18(20)21)19(16)2/h3-10H,11H2,1-2H3,(H,20,21). The SMILES string of the molecule is Cc1cc(OCc2ccccc2)cc2c1cc(C(=O)O)n2C. The van der Waals surface area contributed by atoms with Gasteiger partial charge in [-0.15, -0.1) is 0 Å². The van der Waals surface area contributed by atoms with Gasteiger partial charge < -0.3 is 14.4 Å². The van der Waals surface area contributed by atoms with Crippen LogP contribution in [0.15, 0.2) is 48.5 Å². The Morgan fingerprint density at radius 3 is 2.59 bits per heavy atom. The minimum Gasteiger partial charge on any atom is -0.489 e. The summed E-state index contributed by atoms with van der Waals surface area (Å²) in [5.74, 6) is -0.183. The summed E-state index contributed by atoms with van der Waals surface area (Å²) < 4.78 is 7.53. The van der Waals surface area contributed by atoms with Gasteiger partial charge in [-0.2, -0.15) is 0 Å². The van der Waals surface area contributed by atoms with E-state index in [0.29, 0.717) is 6.61 Å². The molecule has 0 unspecified atom stereocenters. The molecule has 0 saturated carbocycles. The second-order valence-corrected chi connectivity index (χ2v) is 5.34. The first-order chi connectivity index (χ1) is 10.6. The molecule has 112 valence electrons. The van der Waals surface area contributed by atoms with Crippen molar-refractivity contribution in [1.82, 2.24) is 4.57 Å². The molecule has 3 rings (SSSR count). The van der Waals surface area contributed by atoms with Crippen LogP contribution in [0.4, 0.5) is 0 Å². The van der Waals surface area contributed by atoms with E-state index in [4.69, 9.17) is 4.74 Å². The van der Waals surface area contributed by atoms with Crippen molar-refractivity contribution in [3.05, 3.63) is 65.4 Å². The lowest BCUT2D eigenvalue weighted by molar-refractivity contribution is 0.0687. The van der Waals surface area contributed by atoms with E-state index in [0.717, 1.165) is 27.8 Å². The molecule has 0 spiro atoms. The fourth-order valence-corrected chi connectivity index (χ4v) is 2.61. The zero-order valence-electron chi connectivity index (χ0n) is 12.5. The molecule has 0 aliphatic heterocycles. The summed E-state index contributed by atoms with van der Waals surface area (Å²) in [5.41, 5.74) is 3.24. The molecule has 0 radical (unpaired) electrons. The van der Waals surface area contributed by atoms with Crippen molar-refractivity contribution in [2.24, 2.45) is 7.05 Å². The number of hydrogen-bond acceptors (Lipinski definition) is 2. The van der Waals surface area contributed by atoms with Gasteiger partial charge in [0.15, 0.2) is 0 Å². The van der Waals surface area contributed by atoms with E-state index >= 15 is 0 Å². The molecule has 0 saturated heterocycles. The number of carboxylic acid groups (broad SMARTS) is 1. The van der Waals surface area contributed by atoms with Gasteiger partial charge in [-0.05, 0) is 30.2 Å². The van der Waals surface area contributed by atoms with E-state index in [9.17, 15) is 9.90 Å². The summed E-state index contributed by atoms with van der Waals surface area (Å²) in [6, 6.07) is 15.5. The summed E-state index contributed by atoms with van der Waals surface area (Å²) in [5, 5.41) is 10.2. The van der Waals surface area contributed by atoms with Crippen LogP contribution < -0.4 is 4.74 Å². The minimum absolute atomic E-state index is 0.276. The van der Waals surface area contributed by atoms with E-state index in [1.54, 1.807) is 17.7 Å². The van der Waals surface area contributed by atoms with Gasteiger partial charge in [-0.1, -0.05) is 30.3 Å². The van der Waals surface area contributed by atoms with Crippen molar-refractivity contribution in [3.8, 4) is 5.75 Å². The average molecular weight is 295 g/mol. The lowest BCUT2D eigenvalue weighted by Gasteiger charge is -2.09. The van der Waals surface area contributed by atoms with Crippen LogP contribution in [0.25, 0.3) is 10.9 Å². The third-order valence-corrected chi connectivity index (χ3v) is 3.81. The number of benzene rings is 2. The van der Waals surface area contributed by atoms with Crippen LogP contribution in [0.3, 0.4) is 0 Å². The Labute approximate surface area is 128 Å². The Kier molecular flexibility index (Phi) is 3.59. The lowest BCUT2D eigenvalue weighted by atomic mass is 10.1. The first kappa shape index (κ1) is 14.2. The molecule has 1 aromatic heterocycles. The number of aryl methyl sites for hydroxylation is 2. The van der Waals surface area contributed by atoms with Crippen molar-refractivity contribution < 1.29 is 14.6 Å². The number of nitrogens with zero attached hydrogens (tertiary/aromatic N) is 1. The highest BCUT2D eigenvalue weighted by atomic mass is 16.5. The Morgan fingerprint density at radius 2 is 1.91 bits per heavy atom. The third-order valence-electron chi connectivity index (χ3n) is 3.81. The van der Waals surface area contributed by atoms with Crippen LogP contribution in [0.5, 0.6) is 5.75 Å². The van der Waals surface area contributed by atoms with E-state index in [1.165, 1.54) is 0 Å². The molecule has 0 fully saturated rings. The molecular weight excluding hydrogens is 278 g/mol. The van der Waals surface area contributed by atoms with Gasteiger partial charge in [-0.25, -0.2) is 4.79 Å².